The Morgan fingerprint density at radius 1 is 1.19 bits per heavy atom. The van der Waals surface area contributed by atoms with Crippen molar-refractivity contribution in [1.82, 2.24) is 5.32 Å². The van der Waals surface area contributed by atoms with Crippen LogP contribution in [0.1, 0.15) is 18.9 Å². The van der Waals surface area contributed by atoms with E-state index in [-0.39, 0.29) is 12.5 Å². The number of nitrogens with one attached hydrogen (secondary N) is 1. The van der Waals surface area contributed by atoms with E-state index in [0.29, 0.717) is 22.9 Å². The van der Waals surface area contributed by atoms with Gasteiger partial charge in [-0.25, -0.2) is 8.42 Å². The minimum absolute atomic E-state index is 0.234. The van der Waals surface area contributed by atoms with Crippen molar-refractivity contribution >= 4 is 33.2 Å². The predicted octanol–water partition coefficient (Wildman–Crippen LogP) is 3.21. The summed E-state index contributed by atoms with van der Waals surface area (Å²) in [5.41, 5.74) is 1.20. The molecular weight excluding hydrogens is 388 g/mol. The van der Waals surface area contributed by atoms with E-state index in [2.05, 4.69) is 5.32 Å². The van der Waals surface area contributed by atoms with Crippen molar-refractivity contribution in [2.75, 3.05) is 17.7 Å². The Labute approximate surface area is 165 Å². The topological polar surface area (TPSA) is 75.7 Å². The maximum atomic E-state index is 12.8. The van der Waals surface area contributed by atoms with Crippen LogP contribution in [0.4, 0.5) is 5.69 Å². The van der Waals surface area contributed by atoms with Gasteiger partial charge in [-0.05, 0) is 36.8 Å². The molecule has 1 amide bonds. The summed E-state index contributed by atoms with van der Waals surface area (Å²) in [6, 6.07) is 12.8. The SMILES string of the molecule is CC[C@H](C(=O)NCc1ccccc1OC)N(c1ccc(Cl)cc1)S(C)(=O)=O. The number of sulfonamides is 1. The average Bonchev–Trinajstić information content (AvgIpc) is 2.64. The molecule has 8 heteroatoms. The quantitative estimate of drug-likeness (QED) is 0.725. The van der Waals surface area contributed by atoms with E-state index < -0.39 is 16.1 Å². The van der Waals surface area contributed by atoms with Gasteiger partial charge in [-0.15, -0.1) is 0 Å². The molecule has 2 aromatic rings. The van der Waals surface area contributed by atoms with Crippen LogP contribution in [-0.2, 0) is 21.4 Å². The van der Waals surface area contributed by atoms with Crippen LogP contribution in [0.15, 0.2) is 48.5 Å². The fraction of sp³-hybridized carbons (Fsp3) is 0.316. The maximum Gasteiger partial charge on any atom is 0.244 e. The van der Waals surface area contributed by atoms with Gasteiger partial charge in [0.15, 0.2) is 0 Å². The Bertz CT molecular complexity index is 885. The fourth-order valence-corrected chi connectivity index (χ4v) is 4.14. The molecule has 1 N–H and O–H groups in total. The Morgan fingerprint density at radius 3 is 2.37 bits per heavy atom. The number of halogens is 1. The zero-order valence-electron chi connectivity index (χ0n) is 15.5. The highest BCUT2D eigenvalue weighted by Gasteiger charge is 2.31. The van der Waals surface area contributed by atoms with Crippen LogP contribution in [0.5, 0.6) is 5.75 Å². The Kier molecular flexibility index (Phi) is 7.10. The molecule has 0 aliphatic rings. The monoisotopic (exact) mass is 410 g/mol. The van der Waals surface area contributed by atoms with Crippen LogP contribution >= 0.6 is 11.6 Å². The molecule has 0 unspecified atom stereocenters. The lowest BCUT2D eigenvalue weighted by molar-refractivity contribution is -0.122. The van der Waals surface area contributed by atoms with Gasteiger partial charge in [0.2, 0.25) is 15.9 Å². The predicted molar refractivity (Wildman–Crippen MR) is 108 cm³/mol. The van der Waals surface area contributed by atoms with Crippen LogP contribution in [0.25, 0.3) is 0 Å². The van der Waals surface area contributed by atoms with E-state index in [0.717, 1.165) is 16.1 Å². The molecule has 146 valence electrons. The van der Waals surface area contributed by atoms with Gasteiger partial charge in [-0.3, -0.25) is 9.10 Å². The van der Waals surface area contributed by atoms with E-state index in [4.69, 9.17) is 16.3 Å². The molecule has 0 aliphatic heterocycles. The summed E-state index contributed by atoms with van der Waals surface area (Å²) in [6.45, 7) is 2.00. The number of rotatable bonds is 8. The molecule has 0 aromatic heterocycles. The van der Waals surface area contributed by atoms with Gasteiger partial charge in [0.25, 0.3) is 0 Å². The molecule has 0 radical (unpaired) electrons. The van der Waals surface area contributed by atoms with Crippen molar-refractivity contribution in [1.29, 1.82) is 0 Å². The Hall–Kier alpha value is -2.25. The number of benzene rings is 2. The van der Waals surface area contributed by atoms with Crippen molar-refractivity contribution in [3.8, 4) is 5.75 Å². The molecule has 0 spiro atoms. The number of anilines is 1. The number of para-hydroxylation sites is 1. The molecule has 0 fully saturated rings. The molecule has 6 nitrogen and oxygen atoms in total. The van der Waals surface area contributed by atoms with Crippen molar-refractivity contribution in [3.05, 3.63) is 59.1 Å². The minimum atomic E-state index is -3.68. The highest BCUT2D eigenvalue weighted by molar-refractivity contribution is 7.92. The summed E-state index contributed by atoms with van der Waals surface area (Å²) in [5.74, 6) is 0.271. The number of carbonyl (C=O) groups is 1. The third-order valence-corrected chi connectivity index (χ3v) is 5.49. The highest BCUT2D eigenvalue weighted by atomic mass is 35.5. The summed E-state index contributed by atoms with van der Waals surface area (Å²) >= 11 is 5.89. The molecule has 1 atom stereocenters. The maximum absolute atomic E-state index is 12.8. The zero-order chi connectivity index (χ0) is 20.0. The molecular formula is C19H23ClN2O4S. The first kappa shape index (κ1) is 21.1. The van der Waals surface area contributed by atoms with Crippen LogP contribution in [0, 0.1) is 0 Å². The normalized spacial score (nSPS) is 12.3. The number of carbonyl (C=O) groups excluding carboxylic acids is 1. The first-order valence-electron chi connectivity index (χ1n) is 8.42. The number of hydrogen-bond donors (Lipinski definition) is 1. The first-order valence-corrected chi connectivity index (χ1v) is 10.6. The Morgan fingerprint density at radius 2 is 1.81 bits per heavy atom. The van der Waals surface area contributed by atoms with Crippen molar-refractivity contribution in [2.24, 2.45) is 0 Å². The number of amides is 1. The van der Waals surface area contributed by atoms with Gasteiger partial charge in [0, 0.05) is 17.1 Å². The van der Waals surface area contributed by atoms with E-state index >= 15 is 0 Å². The lowest BCUT2D eigenvalue weighted by Crippen LogP contribution is -2.49. The van der Waals surface area contributed by atoms with E-state index in [1.54, 1.807) is 44.4 Å². The summed E-state index contributed by atoms with van der Waals surface area (Å²) in [6.07, 6.45) is 1.39. The minimum Gasteiger partial charge on any atom is -0.496 e. The average molecular weight is 411 g/mol. The second-order valence-corrected chi connectivity index (χ2v) is 8.28. The van der Waals surface area contributed by atoms with Gasteiger partial charge in [-0.2, -0.15) is 0 Å². The lowest BCUT2D eigenvalue weighted by atomic mass is 10.1. The fourth-order valence-electron chi connectivity index (χ4n) is 2.80. The van der Waals surface area contributed by atoms with Crippen LogP contribution in [0.2, 0.25) is 5.02 Å². The van der Waals surface area contributed by atoms with E-state index in [1.807, 2.05) is 18.2 Å². The van der Waals surface area contributed by atoms with Crippen LogP contribution < -0.4 is 14.4 Å². The largest absolute Gasteiger partial charge is 0.496 e. The van der Waals surface area contributed by atoms with Crippen molar-refractivity contribution in [3.63, 3.8) is 0 Å². The molecule has 0 bridgehead atoms. The molecule has 2 rings (SSSR count). The van der Waals surface area contributed by atoms with Gasteiger partial charge in [-0.1, -0.05) is 36.7 Å². The van der Waals surface area contributed by atoms with Crippen LogP contribution in [0.3, 0.4) is 0 Å². The van der Waals surface area contributed by atoms with Crippen molar-refractivity contribution in [2.45, 2.75) is 25.9 Å². The van der Waals surface area contributed by atoms with Gasteiger partial charge >= 0.3 is 0 Å². The standard InChI is InChI=1S/C19H23ClN2O4S/c1-4-17(19(23)21-13-14-7-5-6-8-18(14)26-2)22(27(3,24)25)16-11-9-15(20)10-12-16/h5-12,17H,4,13H2,1-3H3,(H,21,23)/t17-/m1/s1. The molecule has 2 aromatic carbocycles. The van der Waals surface area contributed by atoms with E-state index in [1.165, 1.54) is 0 Å². The third kappa shape index (κ3) is 5.37. The zero-order valence-corrected chi connectivity index (χ0v) is 17.0. The van der Waals surface area contributed by atoms with Gasteiger partial charge in [0.05, 0.1) is 19.1 Å². The van der Waals surface area contributed by atoms with Gasteiger partial charge in [0.1, 0.15) is 11.8 Å². The summed E-state index contributed by atoms with van der Waals surface area (Å²) in [7, 11) is -2.12. The number of nitrogens with zero attached hydrogens (tertiary/aromatic N) is 1. The molecule has 0 aliphatic carbocycles. The van der Waals surface area contributed by atoms with Crippen LogP contribution in [-0.4, -0.2) is 33.7 Å². The highest BCUT2D eigenvalue weighted by Crippen LogP contribution is 2.24. The van der Waals surface area contributed by atoms with Crippen molar-refractivity contribution < 1.29 is 17.9 Å². The molecule has 0 heterocycles. The van der Waals surface area contributed by atoms with Gasteiger partial charge < -0.3 is 10.1 Å². The number of methoxy groups -OCH3 is 1. The molecule has 0 saturated carbocycles. The number of hydrogen-bond acceptors (Lipinski definition) is 4. The molecule has 0 saturated heterocycles. The molecule has 27 heavy (non-hydrogen) atoms. The summed E-state index contributed by atoms with van der Waals surface area (Å²) in [5, 5.41) is 3.29. The second-order valence-electron chi connectivity index (χ2n) is 5.99. The Balaban J connectivity index is 2.25. The summed E-state index contributed by atoms with van der Waals surface area (Å²) < 4.78 is 31.2. The van der Waals surface area contributed by atoms with E-state index in [9.17, 15) is 13.2 Å². The lowest BCUT2D eigenvalue weighted by Gasteiger charge is -2.30. The number of ether oxygens (including phenoxy) is 1. The smallest absolute Gasteiger partial charge is 0.244 e. The second kappa shape index (κ2) is 9.10. The first-order chi connectivity index (χ1) is 12.8. The summed E-state index contributed by atoms with van der Waals surface area (Å²) in [4.78, 5) is 12.8. The third-order valence-electron chi connectivity index (χ3n) is 4.06.